The molecule has 0 radical (unpaired) electrons. The molecule has 3 N–H and O–H groups in total. The average molecular weight is 345 g/mol. The first kappa shape index (κ1) is 16.0. The van der Waals surface area contributed by atoms with E-state index in [4.69, 9.17) is 4.74 Å². The van der Waals surface area contributed by atoms with Gasteiger partial charge in [-0.3, -0.25) is 4.98 Å². The zero-order chi connectivity index (χ0) is 17.9. The summed E-state index contributed by atoms with van der Waals surface area (Å²) in [7, 11) is 1.54. The lowest BCUT2D eigenvalue weighted by Gasteiger charge is -2.21. The van der Waals surface area contributed by atoms with Crippen LogP contribution in [0.5, 0.6) is 11.5 Å². The summed E-state index contributed by atoms with van der Waals surface area (Å²) in [6.45, 7) is 0. The van der Waals surface area contributed by atoms with Crippen LogP contribution in [0.15, 0.2) is 73.2 Å². The average Bonchev–Trinajstić information content (AvgIpc) is 3.11. The normalized spacial score (nSPS) is 12.0. The van der Waals surface area contributed by atoms with Gasteiger partial charge < -0.3 is 20.1 Å². The van der Waals surface area contributed by atoms with E-state index in [0.29, 0.717) is 5.75 Å². The van der Waals surface area contributed by atoms with E-state index >= 15 is 0 Å². The first-order valence-electron chi connectivity index (χ1n) is 8.36. The molecular weight excluding hydrogens is 326 g/mol. The molecule has 2 aromatic carbocycles. The van der Waals surface area contributed by atoms with Gasteiger partial charge >= 0.3 is 0 Å². The Morgan fingerprint density at radius 3 is 2.77 bits per heavy atom. The van der Waals surface area contributed by atoms with Gasteiger partial charge in [0.2, 0.25) is 0 Å². The van der Waals surface area contributed by atoms with Crippen LogP contribution in [-0.4, -0.2) is 22.2 Å². The van der Waals surface area contributed by atoms with Crippen LogP contribution >= 0.6 is 0 Å². The van der Waals surface area contributed by atoms with Crippen LogP contribution in [0.25, 0.3) is 10.9 Å². The lowest BCUT2D eigenvalue weighted by molar-refractivity contribution is 0.373. The van der Waals surface area contributed by atoms with E-state index in [1.807, 2.05) is 42.6 Å². The topological polar surface area (TPSA) is 70.2 Å². The molecule has 5 heteroatoms. The number of H-pyrrole nitrogens is 1. The number of phenolic OH excluding ortho intramolecular Hbond substituents is 1. The number of nitrogens with one attached hydrogen (secondary N) is 2. The Kier molecular flexibility index (Phi) is 4.19. The second-order valence-corrected chi connectivity index (χ2v) is 6.04. The number of methoxy groups -OCH3 is 1. The molecule has 0 saturated carbocycles. The van der Waals surface area contributed by atoms with Gasteiger partial charge in [0, 0.05) is 35.1 Å². The number of hydrogen-bond donors (Lipinski definition) is 3. The Balaban J connectivity index is 1.83. The number of aromatic nitrogens is 2. The molecule has 5 nitrogen and oxygen atoms in total. The summed E-state index contributed by atoms with van der Waals surface area (Å²) in [5.74, 6) is 0.565. The van der Waals surface area contributed by atoms with Gasteiger partial charge in [-0.25, -0.2) is 0 Å². The second-order valence-electron chi connectivity index (χ2n) is 6.04. The highest BCUT2D eigenvalue weighted by molar-refractivity contribution is 5.84. The smallest absolute Gasteiger partial charge is 0.160 e. The third-order valence-corrected chi connectivity index (χ3v) is 4.44. The Morgan fingerprint density at radius 1 is 1.12 bits per heavy atom. The predicted octanol–water partition coefficient (Wildman–Crippen LogP) is 4.48. The summed E-state index contributed by atoms with van der Waals surface area (Å²) in [6, 6.07) is 17.3. The van der Waals surface area contributed by atoms with Crippen molar-refractivity contribution in [2.45, 2.75) is 6.04 Å². The molecule has 0 aliphatic heterocycles. The molecular formula is C21H19N3O2. The van der Waals surface area contributed by atoms with Gasteiger partial charge in [-0.1, -0.05) is 24.3 Å². The molecule has 0 bridgehead atoms. The molecule has 0 amide bonds. The lowest BCUT2D eigenvalue weighted by Crippen LogP contribution is -2.12. The first-order valence-corrected chi connectivity index (χ1v) is 8.36. The number of aromatic amines is 1. The molecule has 1 atom stereocenters. The fourth-order valence-electron chi connectivity index (χ4n) is 3.17. The van der Waals surface area contributed by atoms with Crippen LogP contribution in [0, 0.1) is 0 Å². The van der Waals surface area contributed by atoms with Crippen LogP contribution in [0.2, 0.25) is 0 Å². The summed E-state index contributed by atoms with van der Waals surface area (Å²) in [5, 5.41) is 14.9. The van der Waals surface area contributed by atoms with E-state index in [0.717, 1.165) is 27.7 Å². The third kappa shape index (κ3) is 2.95. The maximum atomic E-state index is 10.2. The fraction of sp³-hybridized carbons (Fsp3) is 0.0952. The predicted molar refractivity (Wildman–Crippen MR) is 103 cm³/mol. The van der Waals surface area contributed by atoms with Crippen LogP contribution in [0.1, 0.15) is 17.2 Å². The number of benzene rings is 2. The van der Waals surface area contributed by atoms with Gasteiger partial charge in [-0.05, 0) is 35.9 Å². The quantitative estimate of drug-likeness (QED) is 0.499. The Bertz CT molecular complexity index is 1030. The van der Waals surface area contributed by atoms with Gasteiger partial charge in [-0.15, -0.1) is 0 Å². The molecule has 1 unspecified atom stereocenters. The van der Waals surface area contributed by atoms with Crippen molar-refractivity contribution in [2.75, 3.05) is 12.4 Å². The van der Waals surface area contributed by atoms with E-state index < -0.39 is 0 Å². The number of para-hydroxylation sites is 1. The largest absolute Gasteiger partial charge is 0.504 e. The van der Waals surface area contributed by atoms with Crippen molar-refractivity contribution in [2.24, 2.45) is 0 Å². The van der Waals surface area contributed by atoms with Gasteiger partial charge in [-0.2, -0.15) is 0 Å². The number of phenols is 1. The van der Waals surface area contributed by atoms with Crippen LogP contribution in [0.4, 0.5) is 5.69 Å². The molecule has 4 aromatic rings. The first-order chi connectivity index (χ1) is 12.8. The van der Waals surface area contributed by atoms with Crippen LogP contribution in [0.3, 0.4) is 0 Å². The number of hydrogen-bond acceptors (Lipinski definition) is 4. The highest BCUT2D eigenvalue weighted by Crippen LogP contribution is 2.35. The molecule has 2 heterocycles. The van der Waals surface area contributed by atoms with Crippen molar-refractivity contribution in [3.63, 3.8) is 0 Å². The number of pyridine rings is 1. The van der Waals surface area contributed by atoms with Gasteiger partial charge in [0.15, 0.2) is 11.5 Å². The highest BCUT2D eigenvalue weighted by Gasteiger charge is 2.19. The Labute approximate surface area is 151 Å². The lowest BCUT2D eigenvalue weighted by atomic mass is 9.97. The maximum absolute atomic E-state index is 10.2. The maximum Gasteiger partial charge on any atom is 0.160 e. The molecule has 0 aliphatic rings. The molecule has 26 heavy (non-hydrogen) atoms. The van der Waals surface area contributed by atoms with Crippen molar-refractivity contribution in [1.82, 2.24) is 9.97 Å². The number of ether oxygens (including phenoxy) is 1. The third-order valence-electron chi connectivity index (χ3n) is 4.44. The van der Waals surface area contributed by atoms with E-state index in [1.165, 1.54) is 0 Å². The van der Waals surface area contributed by atoms with Gasteiger partial charge in [0.05, 0.1) is 18.8 Å². The molecule has 0 spiro atoms. The van der Waals surface area contributed by atoms with Crippen molar-refractivity contribution in [3.8, 4) is 11.5 Å². The fourth-order valence-corrected chi connectivity index (χ4v) is 3.17. The minimum atomic E-state index is -0.160. The number of nitrogens with zero attached hydrogens (tertiary/aromatic N) is 1. The van der Waals surface area contributed by atoms with Crippen molar-refractivity contribution in [3.05, 3.63) is 84.3 Å². The number of fused-ring (bicyclic) bond motifs is 1. The summed E-state index contributed by atoms with van der Waals surface area (Å²) in [6.07, 6.45) is 5.52. The number of anilines is 1. The van der Waals surface area contributed by atoms with Crippen molar-refractivity contribution < 1.29 is 9.84 Å². The Hall–Kier alpha value is -3.47. The summed E-state index contributed by atoms with van der Waals surface area (Å²) in [5.41, 5.74) is 3.99. The minimum absolute atomic E-state index is 0.114. The summed E-state index contributed by atoms with van der Waals surface area (Å²) in [4.78, 5) is 7.50. The molecule has 0 aliphatic carbocycles. The van der Waals surface area contributed by atoms with E-state index in [1.54, 1.807) is 31.6 Å². The van der Waals surface area contributed by atoms with Crippen LogP contribution < -0.4 is 10.1 Å². The SMILES string of the molecule is COc1ccc(C(Nc2cccnc2)c2c[nH]c3ccccc23)cc1O. The van der Waals surface area contributed by atoms with Gasteiger partial charge in [0.25, 0.3) is 0 Å². The molecule has 0 saturated heterocycles. The number of aromatic hydroxyl groups is 1. The molecule has 0 fully saturated rings. The van der Waals surface area contributed by atoms with Crippen molar-refractivity contribution in [1.29, 1.82) is 0 Å². The van der Waals surface area contributed by atoms with E-state index in [9.17, 15) is 5.11 Å². The van der Waals surface area contributed by atoms with E-state index in [2.05, 4.69) is 21.4 Å². The summed E-state index contributed by atoms with van der Waals surface area (Å²) < 4.78 is 5.17. The second kappa shape index (κ2) is 6.80. The highest BCUT2D eigenvalue weighted by atomic mass is 16.5. The molecule has 2 aromatic heterocycles. The Morgan fingerprint density at radius 2 is 2.00 bits per heavy atom. The van der Waals surface area contributed by atoms with Gasteiger partial charge in [0.1, 0.15) is 0 Å². The molecule has 130 valence electrons. The monoisotopic (exact) mass is 345 g/mol. The van der Waals surface area contributed by atoms with Crippen molar-refractivity contribution >= 4 is 16.6 Å². The number of rotatable bonds is 5. The minimum Gasteiger partial charge on any atom is -0.504 e. The van der Waals surface area contributed by atoms with Crippen LogP contribution in [-0.2, 0) is 0 Å². The standard InChI is InChI=1S/C21H19N3O2/c1-26-20-9-8-14(11-19(20)25)21(24-15-5-4-10-22-12-15)17-13-23-18-7-3-2-6-16(17)18/h2-13,21,23-25H,1H3. The van der Waals surface area contributed by atoms with E-state index in [-0.39, 0.29) is 11.8 Å². The summed E-state index contributed by atoms with van der Waals surface area (Å²) >= 11 is 0. The molecule has 4 rings (SSSR count). The zero-order valence-corrected chi connectivity index (χ0v) is 14.3. The zero-order valence-electron chi connectivity index (χ0n) is 14.3.